The van der Waals surface area contributed by atoms with Crippen LogP contribution in [0.2, 0.25) is 0 Å². The van der Waals surface area contributed by atoms with Crippen LogP contribution in [0, 0.1) is 11.3 Å². The van der Waals surface area contributed by atoms with Gasteiger partial charge in [0.2, 0.25) is 0 Å². The fourth-order valence-corrected chi connectivity index (χ4v) is 1.60. The van der Waals surface area contributed by atoms with Crippen LogP contribution in [0.4, 0.5) is 5.69 Å². The SMILES string of the molecule is CCc1ccccc1NC(CC)CC#N. The number of aryl methyl sites for hydroxylation is 1. The summed E-state index contributed by atoms with van der Waals surface area (Å²) in [5.41, 5.74) is 2.48. The number of rotatable bonds is 5. The van der Waals surface area contributed by atoms with Gasteiger partial charge in [-0.15, -0.1) is 0 Å². The van der Waals surface area contributed by atoms with E-state index in [0.29, 0.717) is 6.42 Å². The van der Waals surface area contributed by atoms with Crippen molar-refractivity contribution in [2.24, 2.45) is 0 Å². The van der Waals surface area contributed by atoms with Gasteiger partial charge < -0.3 is 5.32 Å². The van der Waals surface area contributed by atoms with E-state index in [-0.39, 0.29) is 6.04 Å². The van der Waals surface area contributed by atoms with Gasteiger partial charge in [-0.2, -0.15) is 5.26 Å². The van der Waals surface area contributed by atoms with Crippen molar-refractivity contribution in [3.63, 3.8) is 0 Å². The first-order valence-corrected chi connectivity index (χ1v) is 5.53. The molecule has 0 fully saturated rings. The second kappa shape index (κ2) is 6.08. The van der Waals surface area contributed by atoms with Gasteiger partial charge in [-0.05, 0) is 24.5 Å². The van der Waals surface area contributed by atoms with Gasteiger partial charge in [0.05, 0.1) is 12.5 Å². The average molecular weight is 202 g/mol. The summed E-state index contributed by atoms with van der Waals surface area (Å²) in [5, 5.41) is 12.1. The Labute approximate surface area is 91.9 Å². The number of nitriles is 1. The van der Waals surface area contributed by atoms with Gasteiger partial charge >= 0.3 is 0 Å². The second-order valence-corrected chi connectivity index (χ2v) is 3.62. The van der Waals surface area contributed by atoms with Crippen LogP contribution < -0.4 is 5.32 Å². The number of hydrogen-bond donors (Lipinski definition) is 1. The molecule has 0 amide bonds. The summed E-state index contributed by atoms with van der Waals surface area (Å²) >= 11 is 0. The fraction of sp³-hybridized carbons (Fsp3) is 0.462. The number of nitrogens with zero attached hydrogens (tertiary/aromatic N) is 1. The molecule has 1 unspecified atom stereocenters. The minimum atomic E-state index is 0.266. The third-order valence-corrected chi connectivity index (χ3v) is 2.59. The van der Waals surface area contributed by atoms with E-state index >= 15 is 0 Å². The van der Waals surface area contributed by atoms with E-state index in [1.54, 1.807) is 0 Å². The van der Waals surface area contributed by atoms with E-state index in [0.717, 1.165) is 12.8 Å². The molecule has 0 aliphatic carbocycles. The summed E-state index contributed by atoms with van der Waals surface area (Å²) in [7, 11) is 0. The molecule has 0 bridgehead atoms. The molecule has 1 rings (SSSR count). The Bertz CT molecular complexity index is 339. The highest BCUT2D eigenvalue weighted by atomic mass is 14.9. The average Bonchev–Trinajstić information content (AvgIpc) is 2.29. The molecule has 2 nitrogen and oxygen atoms in total. The van der Waals surface area contributed by atoms with Crippen LogP contribution in [0.25, 0.3) is 0 Å². The third-order valence-electron chi connectivity index (χ3n) is 2.59. The largest absolute Gasteiger partial charge is 0.381 e. The molecule has 0 heterocycles. The Morgan fingerprint density at radius 2 is 2.07 bits per heavy atom. The maximum absolute atomic E-state index is 8.68. The summed E-state index contributed by atoms with van der Waals surface area (Å²) in [5.74, 6) is 0. The van der Waals surface area contributed by atoms with Crippen LogP contribution in [0.1, 0.15) is 32.3 Å². The monoisotopic (exact) mass is 202 g/mol. The summed E-state index contributed by atoms with van der Waals surface area (Å²) in [6.07, 6.45) is 2.56. The highest BCUT2D eigenvalue weighted by Gasteiger charge is 2.06. The lowest BCUT2D eigenvalue weighted by Crippen LogP contribution is -2.18. The summed E-state index contributed by atoms with van der Waals surface area (Å²) in [6, 6.07) is 10.8. The van der Waals surface area contributed by atoms with E-state index in [9.17, 15) is 0 Å². The molecule has 80 valence electrons. The van der Waals surface area contributed by atoms with Gasteiger partial charge in [-0.1, -0.05) is 32.0 Å². The number of para-hydroxylation sites is 1. The first kappa shape index (κ1) is 11.6. The first-order valence-electron chi connectivity index (χ1n) is 5.53. The van der Waals surface area contributed by atoms with E-state index in [4.69, 9.17) is 5.26 Å². The number of anilines is 1. The lowest BCUT2D eigenvalue weighted by atomic mass is 10.1. The Morgan fingerprint density at radius 3 is 2.67 bits per heavy atom. The summed E-state index contributed by atoms with van der Waals surface area (Å²) in [6.45, 7) is 4.25. The molecule has 0 aromatic heterocycles. The zero-order valence-corrected chi connectivity index (χ0v) is 9.46. The van der Waals surface area contributed by atoms with E-state index in [2.05, 4.69) is 43.4 Å². The summed E-state index contributed by atoms with van der Waals surface area (Å²) < 4.78 is 0. The third kappa shape index (κ3) is 3.28. The topological polar surface area (TPSA) is 35.8 Å². The van der Waals surface area contributed by atoms with Crippen molar-refractivity contribution in [3.05, 3.63) is 29.8 Å². The molecule has 0 aliphatic rings. The highest BCUT2D eigenvalue weighted by molar-refractivity contribution is 5.51. The molecule has 1 N–H and O–H groups in total. The predicted molar refractivity (Wildman–Crippen MR) is 63.8 cm³/mol. The van der Waals surface area contributed by atoms with Crippen molar-refractivity contribution in [2.75, 3.05) is 5.32 Å². The van der Waals surface area contributed by atoms with Crippen molar-refractivity contribution in [1.82, 2.24) is 0 Å². The molecule has 1 aromatic rings. The second-order valence-electron chi connectivity index (χ2n) is 3.62. The molecule has 0 saturated heterocycles. The zero-order valence-electron chi connectivity index (χ0n) is 9.46. The minimum Gasteiger partial charge on any atom is -0.381 e. The predicted octanol–water partition coefficient (Wildman–Crippen LogP) is 3.35. The molecule has 1 atom stereocenters. The Morgan fingerprint density at radius 1 is 1.33 bits per heavy atom. The van der Waals surface area contributed by atoms with E-state index in [1.807, 2.05) is 6.07 Å². The highest BCUT2D eigenvalue weighted by Crippen LogP contribution is 2.18. The van der Waals surface area contributed by atoms with Gasteiger partial charge in [0.1, 0.15) is 0 Å². The van der Waals surface area contributed by atoms with Crippen molar-refractivity contribution in [3.8, 4) is 6.07 Å². The van der Waals surface area contributed by atoms with Crippen LogP contribution in [0.5, 0.6) is 0 Å². The molecule has 1 aromatic carbocycles. The van der Waals surface area contributed by atoms with Crippen LogP contribution in [0.3, 0.4) is 0 Å². The molecule has 15 heavy (non-hydrogen) atoms. The molecule has 2 heteroatoms. The standard InChI is InChI=1S/C13H18N2/c1-3-11-7-5-6-8-13(11)15-12(4-2)9-10-14/h5-8,12,15H,3-4,9H2,1-2H3. The Balaban J connectivity index is 2.74. The number of hydrogen-bond acceptors (Lipinski definition) is 2. The maximum Gasteiger partial charge on any atom is 0.0643 e. The van der Waals surface area contributed by atoms with E-state index < -0.39 is 0 Å². The molecular weight excluding hydrogens is 184 g/mol. The molecule has 0 spiro atoms. The number of nitrogens with one attached hydrogen (secondary N) is 1. The van der Waals surface area contributed by atoms with Crippen LogP contribution in [-0.2, 0) is 6.42 Å². The first-order chi connectivity index (χ1) is 7.31. The van der Waals surface area contributed by atoms with E-state index in [1.165, 1.54) is 11.3 Å². The van der Waals surface area contributed by atoms with Crippen molar-refractivity contribution < 1.29 is 0 Å². The van der Waals surface area contributed by atoms with Crippen molar-refractivity contribution in [1.29, 1.82) is 5.26 Å². The van der Waals surface area contributed by atoms with Crippen molar-refractivity contribution in [2.45, 2.75) is 39.2 Å². The zero-order chi connectivity index (χ0) is 11.1. The maximum atomic E-state index is 8.68. The van der Waals surface area contributed by atoms with Gasteiger partial charge in [0, 0.05) is 11.7 Å². The normalized spacial score (nSPS) is 11.8. The molecule has 0 radical (unpaired) electrons. The quantitative estimate of drug-likeness (QED) is 0.794. The van der Waals surface area contributed by atoms with Gasteiger partial charge in [0.15, 0.2) is 0 Å². The fourth-order valence-electron chi connectivity index (χ4n) is 1.60. The van der Waals surface area contributed by atoms with Crippen LogP contribution >= 0.6 is 0 Å². The van der Waals surface area contributed by atoms with Crippen LogP contribution in [0.15, 0.2) is 24.3 Å². The Kier molecular flexibility index (Phi) is 4.70. The number of benzene rings is 1. The molecule has 0 saturated carbocycles. The van der Waals surface area contributed by atoms with Gasteiger partial charge in [0.25, 0.3) is 0 Å². The molecular formula is C13H18N2. The van der Waals surface area contributed by atoms with Crippen LogP contribution in [-0.4, -0.2) is 6.04 Å². The minimum absolute atomic E-state index is 0.266. The van der Waals surface area contributed by atoms with Gasteiger partial charge in [-0.3, -0.25) is 0 Å². The van der Waals surface area contributed by atoms with Gasteiger partial charge in [-0.25, -0.2) is 0 Å². The Hall–Kier alpha value is -1.49. The molecule has 0 aliphatic heterocycles. The van der Waals surface area contributed by atoms with Crippen molar-refractivity contribution >= 4 is 5.69 Å². The smallest absolute Gasteiger partial charge is 0.0643 e. The lowest BCUT2D eigenvalue weighted by molar-refractivity contribution is 0.710. The lowest BCUT2D eigenvalue weighted by Gasteiger charge is -2.17. The summed E-state index contributed by atoms with van der Waals surface area (Å²) in [4.78, 5) is 0.